The minimum Gasteiger partial charge on any atom is -1.00 e. The van der Waals surface area contributed by atoms with Gasteiger partial charge in [0.1, 0.15) is 5.78 Å². The molecule has 0 spiro atoms. The molecule has 0 aliphatic carbocycles. The first-order valence-electron chi connectivity index (χ1n) is 1.76. The molecule has 0 rings (SSSR count). The normalized spacial score (nSPS) is 5.43. The Morgan fingerprint density at radius 3 is 1.71 bits per heavy atom. The molecule has 1 nitrogen and oxygen atoms in total. The third kappa shape index (κ3) is 21.1. The Morgan fingerprint density at radius 2 is 1.71 bits per heavy atom. The third-order valence-electron chi connectivity index (χ3n) is 0.498. The van der Waals surface area contributed by atoms with Gasteiger partial charge in [-0.15, -0.1) is 0 Å². The zero-order chi connectivity index (χ0) is 4.28. The van der Waals surface area contributed by atoms with E-state index in [1.54, 1.807) is 6.92 Å². The first kappa shape index (κ1) is 15.6. The van der Waals surface area contributed by atoms with Crippen LogP contribution < -0.4 is 12.4 Å². The fourth-order valence-corrected chi connectivity index (χ4v) is 0. The van der Waals surface area contributed by atoms with E-state index < -0.39 is 0 Å². The van der Waals surface area contributed by atoms with Gasteiger partial charge in [0.15, 0.2) is 0 Å². The topological polar surface area (TPSA) is 17.1 Å². The van der Waals surface area contributed by atoms with Crippen LogP contribution in [0.15, 0.2) is 0 Å². The van der Waals surface area contributed by atoms with Crippen molar-refractivity contribution in [2.75, 3.05) is 0 Å². The first-order chi connectivity index (χ1) is 2.27. The summed E-state index contributed by atoms with van der Waals surface area (Å²) < 4.78 is 0. The minimum absolute atomic E-state index is 0. The Labute approximate surface area is 60.7 Å². The summed E-state index contributed by atoms with van der Waals surface area (Å²) in [5, 5.41) is 0. The fraction of sp³-hybridized carbons (Fsp3) is 0.750. The fourth-order valence-electron chi connectivity index (χ4n) is 0. The maximum atomic E-state index is 9.81. The second kappa shape index (κ2) is 9.70. The number of ketones is 1. The van der Waals surface area contributed by atoms with Gasteiger partial charge in [-0.05, 0) is 6.92 Å². The number of rotatable bonds is 1. The Bertz CT molecular complexity index is 47.0. The van der Waals surface area contributed by atoms with E-state index in [9.17, 15) is 4.79 Å². The average Bonchev–Trinajstić information content (AvgIpc) is 1.38. The van der Waals surface area contributed by atoms with Crippen LogP contribution in [0.4, 0.5) is 0 Å². The molecular weight excluding hydrogens is 163 g/mol. The van der Waals surface area contributed by atoms with E-state index in [1.807, 2.05) is 6.92 Å². The largest absolute Gasteiger partial charge is 1.00 e. The molecule has 0 radical (unpaired) electrons. The van der Waals surface area contributed by atoms with Crippen LogP contribution >= 0.6 is 0 Å². The van der Waals surface area contributed by atoms with Gasteiger partial charge in [0.25, 0.3) is 0 Å². The van der Waals surface area contributed by atoms with Crippen LogP contribution in [-0.4, -0.2) is 5.78 Å². The van der Waals surface area contributed by atoms with Crippen LogP contribution in [0.25, 0.3) is 0 Å². The third-order valence-corrected chi connectivity index (χ3v) is 0.498. The molecule has 0 aliphatic heterocycles. The molecule has 7 heavy (non-hydrogen) atoms. The first-order valence-corrected chi connectivity index (χ1v) is 1.76. The summed E-state index contributed by atoms with van der Waals surface area (Å²) >= 11 is 0. The molecule has 0 fully saturated rings. The van der Waals surface area contributed by atoms with Crippen LogP contribution in [-0.2, 0) is 21.9 Å². The van der Waals surface area contributed by atoms with E-state index in [-0.39, 0.29) is 35.3 Å². The predicted molar refractivity (Wildman–Crippen MR) is 21.0 cm³/mol. The number of hydrogen-bond acceptors (Lipinski definition) is 1. The van der Waals surface area contributed by atoms with Crippen molar-refractivity contribution >= 4 is 5.78 Å². The molecule has 0 heterocycles. The molecule has 3 heteroatoms. The second-order valence-electron chi connectivity index (χ2n) is 1.06. The molecule has 0 aromatic rings. The van der Waals surface area contributed by atoms with Crippen molar-refractivity contribution in [3.63, 3.8) is 0 Å². The molecule has 0 N–H and O–H groups in total. The Morgan fingerprint density at radius 1 is 1.57 bits per heavy atom. The van der Waals surface area contributed by atoms with Crippen LogP contribution in [0.3, 0.4) is 0 Å². The van der Waals surface area contributed by atoms with Gasteiger partial charge in [0.2, 0.25) is 0 Å². The molecule has 0 amide bonds. The number of Topliss-reactive ketones (excluding diaryl/α,β-unsaturated/α-hetero) is 1. The van der Waals surface area contributed by atoms with Gasteiger partial charge >= 0.3 is 17.1 Å². The van der Waals surface area contributed by atoms with Crippen molar-refractivity contribution in [3.05, 3.63) is 0 Å². The van der Waals surface area contributed by atoms with Gasteiger partial charge in [-0.3, -0.25) is 0 Å². The van der Waals surface area contributed by atoms with E-state index in [2.05, 4.69) is 0 Å². The number of hydrogen-bond donors (Lipinski definition) is 0. The summed E-state index contributed by atoms with van der Waals surface area (Å²) in [5.74, 6) is 0.255. The van der Waals surface area contributed by atoms with Gasteiger partial charge in [0, 0.05) is 6.42 Å². The van der Waals surface area contributed by atoms with Crippen molar-refractivity contribution in [2.24, 2.45) is 0 Å². The summed E-state index contributed by atoms with van der Waals surface area (Å²) in [5.41, 5.74) is 0. The van der Waals surface area contributed by atoms with Crippen LogP contribution in [0, 0.1) is 0 Å². The summed E-state index contributed by atoms with van der Waals surface area (Å²) in [6.45, 7) is 3.43. The van der Waals surface area contributed by atoms with Crippen molar-refractivity contribution < 1.29 is 34.3 Å². The van der Waals surface area contributed by atoms with Gasteiger partial charge in [-0.2, -0.15) is 0 Å². The zero-order valence-corrected chi connectivity index (χ0v) is 5.99. The quantitative estimate of drug-likeness (QED) is 0.416. The monoisotopic (exact) mass is 170 g/mol. The Balaban J connectivity index is -0.0000000800. The predicted octanol–water partition coefficient (Wildman–Crippen LogP) is -2.01. The van der Waals surface area contributed by atoms with Crippen molar-refractivity contribution in [2.45, 2.75) is 20.3 Å². The van der Waals surface area contributed by atoms with E-state index in [1.165, 1.54) is 0 Å². The maximum Gasteiger partial charge on any atom is 1.00 e. The summed E-state index contributed by atoms with van der Waals surface area (Å²) in [6, 6.07) is 0. The summed E-state index contributed by atoms with van der Waals surface area (Å²) in [4.78, 5) is 9.81. The number of carbonyl (C=O) groups excluding carboxylic acids is 1. The van der Waals surface area contributed by atoms with Crippen LogP contribution in [0.5, 0.6) is 0 Å². The van der Waals surface area contributed by atoms with Crippen molar-refractivity contribution in [1.82, 2.24) is 0 Å². The Kier molecular flexibility index (Phi) is 21.7. The molecule has 0 saturated carbocycles. The molecule has 0 atom stereocenters. The Hall–Kier alpha value is 0.479. The minimum atomic E-state index is 0. The summed E-state index contributed by atoms with van der Waals surface area (Å²) in [7, 11) is 0. The van der Waals surface area contributed by atoms with Gasteiger partial charge in [0.05, 0.1) is 0 Å². The molecule has 0 bridgehead atoms. The molecular formula is C4H8ClCuO. The second-order valence-corrected chi connectivity index (χ2v) is 1.06. The zero-order valence-electron chi connectivity index (χ0n) is 4.29. The maximum absolute atomic E-state index is 9.81. The summed E-state index contributed by atoms with van der Waals surface area (Å²) in [6.07, 6.45) is 0.667. The standard InChI is InChI=1S/C4H8O.ClH.Cu/c1-3-4(2)5;;/h3H2,1-2H3;1H;/q;;+1/p-1. The van der Waals surface area contributed by atoms with Gasteiger partial charge in [-0.25, -0.2) is 0 Å². The average molecular weight is 171 g/mol. The van der Waals surface area contributed by atoms with Crippen molar-refractivity contribution in [3.8, 4) is 0 Å². The van der Waals surface area contributed by atoms with Crippen LogP contribution in [0.1, 0.15) is 20.3 Å². The van der Waals surface area contributed by atoms with Gasteiger partial charge in [-0.1, -0.05) is 6.92 Å². The number of halogens is 1. The molecule has 0 unspecified atom stereocenters. The van der Waals surface area contributed by atoms with E-state index in [0.717, 1.165) is 0 Å². The molecule has 0 aromatic carbocycles. The molecule has 0 saturated heterocycles. The SMILES string of the molecule is CCC(C)=O.[Cl-].[Cu+]. The van der Waals surface area contributed by atoms with E-state index in [4.69, 9.17) is 0 Å². The van der Waals surface area contributed by atoms with Gasteiger partial charge < -0.3 is 17.2 Å². The number of carbonyl (C=O) groups is 1. The molecule has 0 aliphatic rings. The van der Waals surface area contributed by atoms with E-state index >= 15 is 0 Å². The van der Waals surface area contributed by atoms with E-state index in [0.29, 0.717) is 6.42 Å². The van der Waals surface area contributed by atoms with Crippen molar-refractivity contribution in [1.29, 1.82) is 0 Å². The van der Waals surface area contributed by atoms with Crippen LogP contribution in [0.2, 0.25) is 0 Å². The smallest absolute Gasteiger partial charge is 1.00 e. The molecule has 0 aromatic heterocycles. The molecule has 48 valence electrons.